The van der Waals surface area contributed by atoms with Crippen LogP contribution in [0.5, 0.6) is 0 Å². The molecule has 0 unspecified atom stereocenters. The third-order valence-electron chi connectivity index (χ3n) is 2.36. The summed E-state index contributed by atoms with van der Waals surface area (Å²) in [6, 6.07) is 0. The van der Waals surface area contributed by atoms with Crippen LogP contribution in [0, 0.1) is 23.2 Å². The van der Waals surface area contributed by atoms with Crippen LogP contribution in [-0.2, 0) is 9.53 Å². The lowest BCUT2D eigenvalue weighted by atomic mass is 9.88. The second-order valence-electron chi connectivity index (χ2n) is 3.97. The maximum Gasteiger partial charge on any atom is 0.384 e. The van der Waals surface area contributed by atoms with E-state index in [0.29, 0.717) is 12.5 Å². The largest absolute Gasteiger partial charge is 0.456 e. The Kier molecular flexibility index (Phi) is 2.98. The van der Waals surface area contributed by atoms with Crippen LogP contribution in [0.25, 0.3) is 0 Å². The molecule has 72 valence electrons. The van der Waals surface area contributed by atoms with Crippen molar-refractivity contribution in [3.63, 3.8) is 0 Å². The maximum absolute atomic E-state index is 10.9. The van der Waals surface area contributed by atoms with Crippen molar-refractivity contribution >= 4 is 5.97 Å². The molecule has 2 heteroatoms. The van der Waals surface area contributed by atoms with Crippen LogP contribution in [0.1, 0.15) is 33.6 Å². The van der Waals surface area contributed by atoms with E-state index >= 15 is 0 Å². The molecule has 1 aliphatic carbocycles. The van der Waals surface area contributed by atoms with Crippen LogP contribution in [0.15, 0.2) is 0 Å². The van der Waals surface area contributed by atoms with Crippen molar-refractivity contribution in [1.82, 2.24) is 0 Å². The zero-order valence-electron chi connectivity index (χ0n) is 8.52. The van der Waals surface area contributed by atoms with Gasteiger partial charge in [-0.25, -0.2) is 4.79 Å². The Hall–Kier alpha value is -0.970. The number of carbonyl (C=O) groups excluding carboxylic acids is 1. The fourth-order valence-corrected chi connectivity index (χ4v) is 1.29. The molecule has 1 rings (SSSR count). The quantitative estimate of drug-likeness (QED) is 0.369. The first-order valence-electron chi connectivity index (χ1n) is 4.76. The molecule has 0 amide bonds. The second kappa shape index (κ2) is 3.83. The van der Waals surface area contributed by atoms with Crippen LogP contribution in [0.4, 0.5) is 0 Å². The first-order valence-corrected chi connectivity index (χ1v) is 4.76. The van der Waals surface area contributed by atoms with Crippen molar-refractivity contribution in [2.75, 3.05) is 6.61 Å². The minimum absolute atomic E-state index is 0.0211. The molecule has 2 nitrogen and oxygen atoms in total. The molecule has 1 saturated carbocycles. The molecule has 13 heavy (non-hydrogen) atoms. The monoisotopic (exact) mass is 180 g/mol. The average molecular weight is 180 g/mol. The van der Waals surface area contributed by atoms with Crippen molar-refractivity contribution in [2.24, 2.45) is 11.3 Å². The standard InChI is InChI=1S/C11H16O2/c1-4-13-10(12)7-8-11(2,3)9-5-6-9/h9H,4-6H2,1-3H3. The van der Waals surface area contributed by atoms with Gasteiger partial charge in [0.1, 0.15) is 0 Å². The highest BCUT2D eigenvalue weighted by molar-refractivity contribution is 5.88. The lowest BCUT2D eigenvalue weighted by Crippen LogP contribution is -2.12. The van der Waals surface area contributed by atoms with Crippen molar-refractivity contribution in [2.45, 2.75) is 33.6 Å². The summed E-state index contributed by atoms with van der Waals surface area (Å²) < 4.78 is 4.72. The summed E-state index contributed by atoms with van der Waals surface area (Å²) in [7, 11) is 0. The zero-order chi connectivity index (χ0) is 9.90. The Balaban J connectivity index is 2.48. The Morgan fingerprint density at radius 3 is 2.62 bits per heavy atom. The molecule has 0 aromatic heterocycles. The second-order valence-corrected chi connectivity index (χ2v) is 3.97. The molecular formula is C11H16O2. The van der Waals surface area contributed by atoms with Gasteiger partial charge in [-0.3, -0.25) is 0 Å². The summed E-state index contributed by atoms with van der Waals surface area (Å²) in [5.74, 6) is 5.78. The lowest BCUT2D eigenvalue weighted by molar-refractivity contribution is -0.136. The predicted molar refractivity (Wildman–Crippen MR) is 50.9 cm³/mol. The van der Waals surface area contributed by atoms with Gasteiger partial charge in [0.05, 0.1) is 6.61 Å². The van der Waals surface area contributed by atoms with E-state index in [1.807, 2.05) is 0 Å². The number of ether oxygens (including phenoxy) is 1. The molecule has 0 aliphatic heterocycles. The molecule has 0 aromatic rings. The van der Waals surface area contributed by atoms with Crippen molar-refractivity contribution in [3.8, 4) is 11.8 Å². The van der Waals surface area contributed by atoms with Crippen LogP contribution < -0.4 is 0 Å². The first kappa shape index (κ1) is 10.1. The SMILES string of the molecule is CCOC(=O)C#CC(C)(C)C1CC1. The number of rotatable bonds is 2. The minimum atomic E-state index is -0.406. The number of esters is 1. The van der Waals surface area contributed by atoms with Gasteiger partial charge in [0.25, 0.3) is 0 Å². The summed E-state index contributed by atoms with van der Waals surface area (Å²) in [6.45, 7) is 6.34. The molecule has 0 atom stereocenters. The molecule has 0 radical (unpaired) electrons. The van der Waals surface area contributed by atoms with Crippen LogP contribution in [-0.4, -0.2) is 12.6 Å². The van der Waals surface area contributed by atoms with Crippen molar-refractivity contribution < 1.29 is 9.53 Å². The maximum atomic E-state index is 10.9. The van der Waals surface area contributed by atoms with Gasteiger partial charge in [-0.1, -0.05) is 5.92 Å². The van der Waals surface area contributed by atoms with Gasteiger partial charge in [-0.2, -0.15) is 0 Å². The van der Waals surface area contributed by atoms with Gasteiger partial charge in [0, 0.05) is 11.3 Å². The van der Waals surface area contributed by atoms with Crippen LogP contribution in [0.3, 0.4) is 0 Å². The molecule has 1 aliphatic rings. The Bertz CT molecular complexity index is 251. The highest BCUT2D eigenvalue weighted by Gasteiger charge is 2.36. The molecule has 0 spiro atoms. The Labute approximate surface area is 79.7 Å². The van der Waals surface area contributed by atoms with E-state index < -0.39 is 5.97 Å². The van der Waals surface area contributed by atoms with E-state index in [9.17, 15) is 4.79 Å². The van der Waals surface area contributed by atoms with E-state index in [1.165, 1.54) is 12.8 Å². The zero-order valence-corrected chi connectivity index (χ0v) is 8.52. The lowest BCUT2D eigenvalue weighted by Gasteiger charge is -2.15. The third-order valence-corrected chi connectivity index (χ3v) is 2.36. The van der Waals surface area contributed by atoms with E-state index in [2.05, 4.69) is 25.7 Å². The first-order chi connectivity index (χ1) is 6.06. The summed E-state index contributed by atoms with van der Waals surface area (Å²) in [4.78, 5) is 10.9. The predicted octanol–water partition coefficient (Wildman–Crippen LogP) is 1.99. The summed E-state index contributed by atoms with van der Waals surface area (Å²) >= 11 is 0. The van der Waals surface area contributed by atoms with Crippen LogP contribution in [0.2, 0.25) is 0 Å². The normalized spacial score (nSPS) is 15.9. The van der Waals surface area contributed by atoms with Crippen molar-refractivity contribution in [1.29, 1.82) is 0 Å². The number of hydrogen-bond donors (Lipinski definition) is 0. The highest BCUT2D eigenvalue weighted by atomic mass is 16.5. The molecule has 0 saturated heterocycles. The third kappa shape index (κ3) is 3.10. The fraction of sp³-hybridized carbons (Fsp3) is 0.727. The van der Waals surface area contributed by atoms with E-state index in [4.69, 9.17) is 4.74 Å². The summed E-state index contributed by atoms with van der Waals surface area (Å²) in [5, 5.41) is 0. The van der Waals surface area contributed by atoms with E-state index in [1.54, 1.807) is 6.92 Å². The highest BCUT2D eigenvalue weighted by Crippen LogP contribution is 2.44. The van der Waals surface area contributed by atoms with E-state index in [-0.39, 0.29) is 5.41 Å². The molecule has 0 N–H and O–H groups in total. The summed E-state index contributed by atoms with van der Waals surface area (Å²) in [6.07, 6.45) is 2.48. The smallest absolute Gasteiger partial charge is 0.384 e. The van der Waals surface area contributed by atoms with Gasteiger partial charge in [-0.15, -0.1) is 0 Å². The number of carbonyl (C=O) groups is 1. The van der Waals surface area contributed by atoms with Gasteiger partial charge < -0.3 is 4.74 Å². The van der Waals surface area contributed by atoms with Gasteiger partial charge in [-0.05, 0) is 39.5 Å². The Morgan fingerprint density at radius 1 is 1.54 bits per heavy atom. The van der Waals surface area contributed by atoms with E-state index in [0.717, 1.165) is 0 Å². The fourth-order valence-electron chi connectivity index (χ4n) is 1.29. The average Bonchev–Trinajstić information content (AvgIpc) is 2.84. The molecule has 0 bridgehead atoms. The number of hydrogen-bond acceptors (Lipinski definition) is 2. The Morgan fingerprint density at radius 2 is 2.15 bits per heavy atom. The minimum Gasteiger partial charge on any atom is -0.456 e. The summed E-state index contributed by atoms with van der Waals surface area (Å²) in [5.41, 5.74) is -0.0211. The molecule has 1 fully saturated rings. The van der Waals surface area contributed by atoms with Gasteiger partial charge in [0.15, 0.2) is 0 Å². The molecule has 0 aromatic carbocycles. The molecule has 0 heterocycles. The van der Waals surface area contributed by atoms with Crippen LogP contribution >= 0.6 is 0 Å². The topological polar surface area (TPSA) is 26.3 Å². The van der Waals surface area contributed by atoms with Gasteiger partial charge in [0.2, 0.25) is 0 Å². The van der Waals surface area contributed by atoms with Crippen molar-refractivity contribution in [3.05, 3.63) is 0 Å². The van der Waals surface area contributed by atoms with Gasteiger partial charge >= 0.3 is 5.97 Å². The molecular weight excluding hydrogens is 164 g/mol.